The van der Waals surface area contributed by atoms with Crippen molar-refractivity contribution in [3.63, 3.8) is 0 Å². The summed E-state index contributed by atoms with van der Waals surface area (Å²) in [5.74, 6) is -1.39. The van der Waals surface area contributed by atoms with Crippen LogP contribution in [-0.4, -0.2) is 50.5 Å². The summed E-state index contributed by atoms with van der Waals surface area (Å²) in [4.78, 5) is 23.7. The number of halogens is 1. The van der Waals surface area contributed by atoms with Crippen molar-refractivity contribution in [2.75, 3.05) is 19.7 Å². The highest BCUT2D eigenvalue weighted by Crippen LogP contribution is 2.26. The van der Waals surface area contributed by atoms with Gasteiger partial charge in [0, 0.05) is 24.5 Å². The largest absolute Gasteiger partial charge is 0.463 e. The van der Waals surface area contributed by atoms with Crippen molar-refractivity contribution in [3.8, 4) is 0 Å². The zero-order valence-electron chi connectivity index (χ0n) is 13.4. The molecule has 1 aromatic carbocycles. The fourth-order valence-corrected chi connectivity index (χ4v) is 4.50. The monoisotopic (exact) mass is 387 g/mol. The van der Waals surface area contributed by atoms with Crippen LogP contribution >= 0.6 is 11.6 Å². The SMILES string of the molecule is O=C(O[C@H]1CCOC1=O)C1CCN(S(=O)(=O)c2ccc(Cl)cc2)CC1. The molecule has 2 saturated heterocycles. The van der Waals surface area contributed by atoms with E-state index in [1.54, 1.807) is 0 Å². The summed E-state index contributed by atoms with van der Waals surface area (Å²) in [7, 11) is -3.61. The summed E-state index contributed by atoms with van der Waals surface area (Å²) in [5, 5.41) is 0.464. The number of nitrogens with zero attached hydrogens (tertiary/aromatic N) is 1. The van der Waals surface area contributed by atoms with Crippen LogP contribution in [0.5, 0.6) is 0 Å². The molecule has 25 heavy (non-hydrogen) atoms. The average molecular weight is 388 g/mol. The Morgan fingerprint density at radius 3 is 2.36 bits per heavy atom. The van der Waals surface area contributed by atoms with E-state index in [2.05, 4.69) is 0 Å². The average Bonchev–Trinajstić information content (AvgIpc) is 3.00. The third-order valence-corrected chi connectivity index (χ3v) is 6.55. The van der Waals surface area contributed by atoms with Gasteiger partial charge in [-0.2, -0.15) is 4.31 Å². The lowest BCUT2D eigenvalue weighted by atomic mass is 9.98. The molecule has 0 spiro atoms. The molecule has 3 rings (SSSR count). The minimum atomic E-state index is -3.61. The quantitative estimate of drug-likeness (QED) is 0.729. The highest BCUT2D eigenvalue weighted by molar-refractivity contribution is 7.89. The van der Waals surface area contributed by atoms with E-state index in [-0.39, 0.29) is 24.6 Å². The molecule has 0 aliphatic carbocycles. The minimum Gasteiger partial charge on any atom is -0.463 e. The highest BCUT2D eigenvalue weighted by Gasteiger charge is 2.36. The molecule has 2 aliphatic heterocycles. The first-order valence-corrected chi connectivity index (χ1v) is 9.82. The number of carbonyl (C=O) groups excluding carboxylic acids is 2. The maximum absolute atomic E-state index is 12.6. The highest BCUT2D eigenvalue weighted by atomic mass is 35.5. The van der Waals surface area contributed by atoms with E-state index in [1.165, 1.54) is 28.6 Å². The van der Waals surface area contributed by atoms with Gasteiger partial charge in [-0.05, 0) is 37.1 Å². The second kappa shape index (κ2) is 7.31. The van der Waals surface area contributed by atoms with Crippen LogP contribution in [-0.2, 0) is 29.1 Å². The van der Waals surface area contributed by atoms with Gasteiger partial charge in [0.2, 0.25) is 16.1 Å². The molecule has 0 N–H and O–H groups in total. The summed E-state index contributed by atoms with van der Waals surface area (Å²) in [6, 6.07) is 5.98. The number of esters is 2. The van der Waals surface area contributed by atoms with Gasteiger partial charge in [0.1, 0.15) is 0 Å². The van der Waals surface area contributed by atoms with Crippen molar-refractivity contribution in [1.29, 1.82) is 0 Å². The third-order valence-electron chi connectivity index (χ3n) is 4.38. The van der Waals surface area contributed by atoms with Crippen LogP contribution in [0.2, 0.25) is 5.02 Å². The van der Waals surface area contributed by atoms with Crippen LogP contribution in [0.4, 0.5) is 0 Å². The molecule has 9 heteroatoms. The molecular weight excluding hydrogens is 370 g/mol. The Hall–Kier alpha value is -1.64. The molecule has 7 nitrogen and oxygen atoms in total. The van der Waals surface area contributed by atoms with Gasteiger partial charge in [0.15, 0.2) is 0 Å². The zero-order chi connectivity index (χ0) is 18.0. The van der Waals surface area contributed by atoms with Crippen LogP contribution in [0.1, 0.15) is 19.3 Å². The van der Waals surface area contributed by atoms with Crippen LogP contribution in [0.3, 0.4) is 0 Å². The Bertz CT molecular complexity index is 755. The van der Waals surface area contributed by atoms with Crippen molar-refractivity contribution in [3.05, 3.63) is 29.3 Å². The van der Waals surface area contributed by atoms with E-state index < -0.39 is 34.0 Å². The first-order valence-electron chi connectivity index (χ1n) is 8.01. The third kappa shape index (κ3) is 3.96. The Morgan fingerprint density at radius 2 is 1.80 bits per heavy atom. The number of carbonyl (C=O) groups is 2. The fourth-order valence-electron chi connectivity index (χ4n) is 2.91. The van der Waals surface area contributed by atoms with Crippen LogP contribution in [0.15, 0.2) is 29.2 Å². The van der Waals surface area contributed by atoms with Crippen LogP contribution < -0.4 is 0 Å². The number of benzene rings is 1. The van der Waals surface area contributed by atoms with Gasteiger partial charge in [-0.3, -0.25) is 4.79 Å². The summed E-state index contributed by atoms with van der Waals surface area (Å²) < 4.78 is 36.5. The molecule has 1 aromatic rings. The summed E-state index contributed by atoms with van der Waals surface area (Å²) in [5.41, 5.74) is 0. The second-order valence-corrected chi connectivity index (χ2v) is 8.39. The summed E-state index contributed by atoms with van der Waals surface area (Å²) in [6.07, 6.45) is 0.248. The van der Waals surface area contributed by atoms with Gasteiger partial charge in [-0.15, -0.1) is 0 Å². The first-order chi connectivity index (χ1) is 11.9. The predicted molar refractivity (Wildman–Crippen MR) is 88.4 cm³/mol. The van der Waals surface area contributed by atoms with E-state index in [9.17, 15) is 18.0 Å². The number of hydrogen-bond donors (Lipinski definition) is 0. The molecule has 136 valence electrons. The topological polar surface area (TPSA) is 90.0 Å². The van der Waals surface area contributed by atoms with Gasteiger partial charge in [0.05, 0.1) is 17.4 Å². The lowest BCUT2D eigenvalue weighted by molar-refractivity contribution is -0.164. The maximum Gasteiger partial charge on any atom is 0.347 e. The summed E-state index contributed by atoms with van der Waals surface area (Å²) >= 11 is 5.79. The number of rotatable bonds is 4. The van der Waals surface area contributed by atoms with E-state index in [4.69, 9.17) is 21.1 Å². The molecule has 2 heterocycles. The minimum absolute atomic E-state index is 0.173. The van der Waals surface area contributed by atoms with Crippen LogP contribution in [0, 0.1) is 5.92 Å². The van der Waals surface area contributed by atoms with Crippen molar-refractivity contribution >= 4 is 33.6 Å². The van der Waals surface area contributed by atoms with Gasteiger partial charge in [-0.1, -0.05) is 11.6 Å². The van der Waals surface area contributed by atoms with Gasteiger partial charge in [0.25, 0.3) is 0 Å². The Balaban J connectivity index is 1.58. The first kappa shape index (κ1) is 18.2. The number of sulfonamides is 1. The normalized spacial score (nSPS) is 22.6. The van der Waals surface area contributed by atoms with Crippen LogP contribution in [0.25, 0.3) is 0 Å². The van der Waals surface area contributed by atoms with E-state index in [0.717, 1.165) is 0 Å². The molecular formula is C16H18ClNO6S. The van der Waals surface area contributed by atoms with Gasteiger partial charge < -0.3 is 9.47 Å². The molecule has 1 atom stereocenters. The Labute approximate surface area is 150 Å². The lowest BCUT2D eigenvalue weighted by Crippen LogP contribution is -2.41. The lowest BCUT2D eigenvalue weighted by Gasteiger charge is -2.30. The van der Waals surface area contributed by atoms with Crippen molar-refractivity contribution in [2.24, 2.45) is 5.92 Å². The molecule has 0 bridgehead atoms. The Morgan fingerprint density at radius 1 is 1.16 bits per heavy atom. The Kier molecular flexibility index (Phi) is 5.31. The fraction of sp³-hybridized carbons (Fsp3) is 0.500. The molecule has 2 aliphatic rings. The van der Waals surface area contributed by atoms with E-state index in [0.29, 0.717) is 24.3 Å². The van der Waals surface area contributed by atoms with E-state index >= 15 is 0 Å². The second-order valence-electron chi connectivity index (χ2n) is 6.01. The zero-order valence-corrected chi connectivity index (χ0v) is 15.0. The van der Waals surface area contributed by atoms with Gasteiger partial charge in [-0.25, -0.2) is 13.2 Å². The predicted octanol–water partition coefficient (Wildman–Crippen LogP) is 1.60. The molecule has 0 radical (unpaired) electrons. The van der Waals surface area contributed by atoms with E-state index in [1.807, 2.05) is 0 Å². The molecule has 0 aromatic heterocycles. The summed E-state index contributed by atoms with van der Waals surface area (Å²) in [6.45, 7) is 0.703. The van der Waals surface area contributed by atoms with Gasteiger partial charge >= 0.3 is 11.9 Å². The number of piperidine rings is 1. The molecule has 0 amide bonds. The van der Waals surface area contributed by atoms with Crippen molar-refractivity contribution in [2.45, 2.75) is 30.3 Å². The standard InChI is InChI=1S/C16H18ClNO6S/c17-12-1-3-13(4-2-12)25(21,22)18-8-5-11(6-9-18)15(19)24-14-7-10-23-16(14)20/h1-4,11,14H,5-10H2/t14-/m0/s1. The number of hydrogen-bond acceptors (Lipinski definition) is 6. The molecule has 2 fully saturated rings. The molecule has 0 unspecified atom stereocenters. The smallest absolute Gasteiger partial charge is 0.347 e. The van der Waals surface area contributed by atoms with Crippen molar-refractivity contribution < 1.29 is 27.5 Å². The molecule has 0 saturated carbocycles. The maximum atomic E-state index is 12.6. The van der Waals surface area contributed by atoms with Crippen molar-refractivity contribution in [1.82, 2.24) is 4.31 Å². The number of cyclic esters (lactones) is 1. The number of ether oxygens (including phenoxy) is 2.